The number of benzene rings is 1. The molecule has 1 fully saturated rings. The number of anilines is 2. The van der Waals surface area contributed by atoms with Gasteiger partial charge in [0.15, 0.2) is 15.5 Å². The molecule has 0 radical (unpaired) electrons. The zero-order valence-corrected chi connectivity index (χ0v) is 15.7. The fraction of sp³-hybridized carbons (Fsp3) is 0.353. The Bertz CT molecular complexity index is 1100. The molecule has 3 N–H and O–H groups in total. The minimum absolute atomic E-state index is 0.0998. The quantitative estimate of drug-likeness (QED) is 0.560. The molecule has 4 rings (SSSR count). The number of nitrogens with zero attached hydrogens (tertiary/aromatic N) is 4. The maximum atomic E-state index is 13.3. The Kier molecular flexibility index (Phi) is 4.85. The summed E-state index contributed by atoms with van der Waals surface area (Å²) in [7, 11) is -3.24. The van der Waals surface area contributed by atoms with Crippen molar-refractivity contribution < 1.29 is 17.9 Å². The third-order valence-corrected chi connectivity index (χ3v) is 6.60. The van der Waals surface area contributed by atoms with Crippen LogP contribution in [-0.2, 0) is 9.84 Å². The molecule has 1 aliphatic heterocycles. The first kappa shape index (κ1) is 18.6. The Morgan fingerprint density at radius 3 is 2.71 bits per heavy atom. The van der Waals surface area contributed by atoms with Crippen molar-refractivity contribution in [2.75, 3.05) is 29.5 Å². The predicted molar refractivity (Wildman–Crippen MR) is 103 cm³/mol. The van der Waals surface area contributed by atoms with E-state index in [1.165, 1.54) is 16.8 Å². The van der Waals surface area contributed by atoms with Crippen molar-refractivity contribution in [2.24, 2.45) is 0 Å². The summed E-state index contributed by atoms with van der Waals surface area (Å²) in [5.74, 6) is 0.335. The molecular formula is C17H19FN6O3S. The van der Waals surface area contributed by atoms with Gasteiger partial charge in [0, 0.05) is 6.54 Å². The van der Waals surface area contributed by atoms with Gasteiger partial charge in [0.25, 0.3) is 0 Å². The van der Waals surface area contributed by atoms with Crippen LogP contribution < -0.4 is 10.6 Å². The number of hydrogen-bond donors (Lipinski definition) is 3. The molecule has 0 saturated carbocycles. The summed E-state index contributed by atoms with van der Waals surface area (Å²) in [6.45, 7) is 0.159. The van der Waals surface area contributed by atoms with Gasteiger partial charge in [-0.1, -0.05) is 0 Å². The van der Waals surface area contributed by atoms with Crippen LogP contribution in [-0.4, -0.2) is 57.6 Å². The van der Waals surface area contributed by atoms with Crippen LogP contribution in [0.25, 0.3) is 16.7 Å². The van der Waals surface area contributed by atoms with Gasteiger partial charge < -0.3 is 15.7 Å². The maximum absolute atomic E-state index is 13.3. The first-order valence-corrected chi connectivity index (χ1v) is 10.5. The molecule has 0 amide bonds. The molecule has 1 atom stereocenters. The number of aliphatic hydroxyl groups is 1. The minimum atomic E-state index is -3.24. The van der Waals surface area contributed by atoms with E-state index in [9.17, 15) is 12.8 Å². The first-order chi connectivity index (χ1) is 13.5. The monoisotopic (exact) mass is 406 g/mol. The Hall–Kier alpha value is -2.79. The van der Waals surface area contributed by atoms with Gasteiger partial charge in [0.1, 0.15) is 17.0 Å². The van der Waals surface area contributed by atoms with Crippen LogP contribution in [0.3, 0.4) is 0 Å². The van der Waals surface area contributed by atoms with Crippen LogP contribution >= 0.6 is 0 Å². The van der Waals surface area contributed by atoms with Gasteiger partial charge in [-0.15, -0.1) is 0 Å². The number of nitrogens with one attached hydrogen (secondary N) is 2. The zero-order chi connectivity index (χ0) is 19.7. The second kappa shape index (κ2) is 7.32. The lowest BCUT2D eigenvalue weighted by Gasteiger charge is -2.14. The lowest BCUT2D eigenvalue weighted by Crippen LogP contribution is -2.26. The largest absolute Gasteiger partial charge is 0.395 e. The Morgan fingerprint density at radius 1 is 1.25 bits per heavy atom. The molecule has 1 saturated heterocycles. The van der Waals surface area contributed by atoms with Crippen molar-refractivity contribution in [3.8, 4) is 5.69 Å². The number of fused-ring (bicyclic) bond motifs is 1. The second-order valence-electron chi connectivity index (χ2n) is 6.46. The molecule has 1 aromatic carbocycles. The van der Waals surface area contributed by atoms with Crippen LogP contribution in [0, 0.1) is 5.82 Å². The third-order valence-electron chi connectivity index (χ3n) is 4.52. The van der Waals surface area contributed by atoms with Gasteiger partial charge in [0.05, 0.1) is 29.6 Å². The average molecular weight is 406 g/mol. The standard InChI is InChI=1S/C17H19FN6O3S/c18-11-3-5-12(6-4-11)24-16-13(10-20-24)15(19-7-8-25)22-17(23-16)21-14-2-1-9-28(14,26)27/h3-6,10,14,25H,1-2,7-9H2,(H2,19,21,22,23). The fourth-order valence-electron chi connectivity index (χ4n) is 3.15. The van der Waals surface area contributed by atoms with E-state index >= 15 is 0 Å². The molecule has 0 aliphatic carbocycles. The van der Waals surface area contributed by atoms with Crippen LogP contribution in [0.1, 0.15) is 12.8 Å². The van der Waals surface area contributed by atoms with E-state index < -0.39 is 15.2 Å². The van der Waals surface area contributed by atoms with E-state index in [1.54, 1.807) is 18.3 Å². The number of sulfone groups is 1. The van der Waals surface area contributed by atoms with Crippen molar-refractivity contribution in [1.82, 2.24) is 19.7 Å². The van der Waals surface area contributed by atoms with Crippen LogP contribution in [0.4, 0.5) is 16.2 Å². The van der Waals surface area contributed by atoms with E-state index in [0.717, 1.165) is 0 Å². The summed E-state index contributed by atoms with van der Waals surface area (Å²) in [5, 5.41) is 19.2. The molecule has 3 aromatic rings. The number of halogens is 1. The lowest BCUT2D eigenvalue weighted by molar-refractivity contribution is 0.311. The Labute approximate surface area is 160 Å². The summed E-state index contributed by atoms with van der Waals surface area (Å²) in [5.41, 5.74) is 1.03. The molecule has 28 heavy (non-hydrogen) atoms. The van der Waals surface area contributed by atoms with Crippen molar-refractivity contribution in [2.45, 2.75) is 18.2 Å². The molecule has 9 nitrogen and oxygen atoms in total. The molecule has 3 heterocycles. The Morgan fingerprint density at radius 2 is 2.04 bits per heavy atom. The SMILES string of the molecule is O=S1(=O)CCCC1Nc1nc(NCCO)c2cnn(-c3ccc(F)cc3)c2n1. The van der Waals surface area contributed by atoms with Crippen LogP contribution in [0.5, 0.6) is 0 Å². The number of hydrogen-bond acceptors (Lipinski definition) is 8. The average Bonchev–Trinajstić information content (AvgIpc) is 3.24. The highest BCUT2D eigenvalue weighted by Gasteiger charge is 2.32. The number of rotatable bonds is 6. The highest BCUT2D eigenvalue weighted by molar-refractivity contribution is 7.92. The Balaban J connectivity index is 1.79. The van der Waals surface area contributed by atoms with Crippen LogP contribution in [0.2, 0.25) is 0 Å². The lowest BCUT2D eigenvalue weighted by atomic mass is 10.3. The summed E-state index contributed by atoms with van der Waals surface area (Å²) >= 11 is 0. The summed E-state index contributed by atoms with van der Waals surface area (Å²) in [6.07, 6.45) is 2.64. The molecule has 2 aromatic heterocycles. The van der Waals surface area contributed by atoms with Crippen molar-refractivity contribution in [3.05, 3.63) is 36.3 Å². The predicted octanol–water partition coefficient (Wildman–Crippen LogP) is 1.31. The normalized spacial score (nSPS) is 18.4. The van der Waals surface area contributed by atoms with Gasteiger partial charge in [-0.2, -0.15) is 15.1 Å². The van der Waals surface area contributed by atoms with Gasteiger partial charge in [-0.05, 0) is 37.1 Å². The first-order valence-electron chi connectivity index (χ1n) is 8.82. The van der Waals surface area contributed by atoms with E-state index in [0.29, 0.717) is 35.4 Å². The van der Waals surface area contributed by atoms with E-state index in [4.69, 9.17) is 5.11 Å². The molecular weight excluding hydrogens is 387 g/mol. The highest BCUT2D eigenvalue weighted by Crippen LogP contribution is 2.26. The summed E-state index contributed by atoms with van der Waals surface area (Å²) in [4.78, 5) is 8.82. The van der Waals surface area contributed by atoms with Gasteiger partial charge in [-0.3, -0.25) is 0 Å². The second-order valence-corrected chi connectivity index (χ2v) is 8.76. The van der Waals surface area contributed by atoms with Crippen molar-refractivity contribution in [3.63, 3.8) is 0 Å². The minimum Gasteiger partial charge on any atom is -0.395 e. The third kappa shape index (κ3) is 3.50. The number of aromatic nitrogens is 4. The molecule has 1 unspecified atom stereocenters. The number of aliphatic hydroxyl groups excluding tert-OH is 1. The molecule has 148 valence electrons. The fourth-order valence-corrected chi connectivity index (χ4v) is 4.81. The molecule has 0 spiro atoms. The maximum Gasteiger partial charge on any atom is 0.227 e. The van der Waals surface area contributed by atoms with Crippen LogP contribution in [0.15, 0.2) is 30.5 Å². The smallest absolute Gasteiger partial charge is 0.227 e. The highest BCUT2D eigenvalue weighted by atomic mass is 32.2. The molecule has 11 heteroatoms. The zero-order valence-electron chi connectivity index (χ0n) is 14.8. The summed E-state index contributed by atoms with van der Waals surface area (Å²) < 4.78 is 39.1. The van der Waals surface area contributed by atoms with E-state index in [-0.39, 0.29) is 30.7 Å². The van der Waals surface area contributed by atoms with Gasteiger partial charge in [-0.25, -0.2) is 17.5 Å². The topological polar surface area (TPSA) is 122 Å². The molecule has 0 bridgehead atoms. The van der Waals surface area contributed by atoms with Crippen molar-refractivity contribution >= 4 is 32.6 Å². The summed E-state index contributed by atoms with van der Waals surface area (Å²) in [6, 6.07) is 5.77. The molecule has 1 aliphatic rings. The van der Waals surface area contributed by atoms with Gasteiger partial charge >= 0.3 is 0 Å². The van der Waals surface area contributed by atoms with Gasteiger partial charge in [0.2, 0.25) is 5.95 Å². The van der Waals surface area contributed by atoms with E-state index in [2.05, 4.69) is 25.7 Å². The van der Waals surface area contributed by atoms with Crippen molar-refractivity contribution in [1.29, 1.82) is 0 Å². The van der Waals surface area contributed by atoms with E-state index in [1.807, 2.05) is 0 Å².